The van der Waals surface area contributed by atoms with Gasteiger partial charge in [0.2, 0.25) is 11.8 Å². The summed E-state index contributed by atoms with van der Waals surface area (Å²) in [5, 5.41) is 21.0. The second-order valence-corrected chi connectivity index (χ2v) is 14.8. The number of carboxylic acid groups (broad SMARTS) is 1. The number of hydrogen-bond donors (Lipinski definition) is 3. The van der Waals surface area contributed by atoms with Gasteiger partial charge in [-0.05, 0) is 91.3 Å². The summed E-state index contributed by atoms with van der Waals surface area (Å²) < 4.78 is 19.3. The number of phenols is 1. The number of unbranched alkanes of at least 4 members (excludes halogenated alkanes) is 2. The first-order chi connectivity index (χ1) is 25.4. The Hall–Kier alpha value is -4.94. The molecule has 4 amide bonds. The number of allylic oxidation sites excluding steroid dienone is 2. The highest BCUT2D eigenvalue weighted by Crippen LogP contribution is 2.64. The van der Waals surface area contributed by atoms with Crippen molar-refractivity contribution in [2.75, 3.05) is 19.1 Å². The van der Waals surface area contributed by atoms with Crippen LogP contribution in [0.1, 0.15) is 55.6 Å². The lowest BCUT2D eigenvalue weighted by Crippen LogP contribution is -2.53. The summed E-state index contributed by atoms with van der Waals surface area (Å²) in [7, 11) is 1.36. The lowest BCUT2D eigenvalue weighted by Gasteiger charge is -2.50. The number of hydrazine groups is 1. The van der Waals surface area contributed by atoms with Crippen LogP contribution in [0.3, 0.4) is 0 Å². The molecule has 3 aromatic carbocycles. The van der Waals surface area contributed by atoms with E-state index in [4.69, 9.17) is 33.0 Å². The first-order valence-corrected chi connectivity index (χ1v) is 18.1. The number of imide groups is 2. The van der Waals surface area contributed by atoms with Crippen LogP contribution >= 0.6 is 23.2 Å². The molecule has 2 aliphatic carbocycles. The van der Waals surface area contributed by atoms with E-state index in [0.717, 1.165) is 5.01 Å². The lowest BCUT2D eigenvalue weighted by atomic mass is 9.49. The normalized spacial score (nSPS) is 26.3. The van der Waals surface area contributed by atoms with Crippen molar-refractivity contribution in [2.24, 2.45) is 23.7 Å². The summed E-state index contributed by atoms with van der Waals surface area (Å²) in [5.74, 6) is -7.72. The van der Waals surface area contributed by atoms with E-state index in [1.165, 1.54) is 42.3 Å². The maximum Gasteiger partial charge on any atom is 0.303 e. The zero-order valence-corrected chi connectivity index (χ0v) is 30.1. The molecule has 4 aliphatic rings. The molecule has 1 saturated carbocycles. The number of likely N-dealkylation sites (tertiary alicyclic amines) is 1. The summed E-state index contributed by atoms with van der Waals surface area (Å²) in [6, 6.07) is 14.9. The maximum absolute atomic E-state index is 15.2. The molecule has 0 spiro atoms. The zero-order valence-electron chi connectivity index (χ0n) is 28.6. The highest BCUT2D eigenvalue weighted by molar-refractivity contribution is 6.32. The number of carboxylic acids is 1. The molecule has 2 heterocycles. The number of fused-ring (bicyclic) bond motifs is 4. The number of methoxy groups -OCH3 is 1. The van der Waals surface area contributed by atoms with E-state index in [1.807, 2.05) is 6.08 Å². The lowest BCUT2D eigenvalue weighted by molar-refractivity contribution is -0.141. The Balaban J connectivity index is 1.37. The van der Waals surface area contributed by atoms with Gasteiger partial charge in [-0.3, -0.25) is 34.3 Å². The van der Waals surface area contributed by atoms with E-state index in [-0.39, 0.29) is 59.8 Å². The van der Waals surface area contributed by atoms with Gasteiger partial charge in [0.05, 0.1) is 41.0 Å². The van der Waals surface area contributed by atoms with Gasteiger partial charge >= 0.3 is 5.97 Å². The molecule has 3 aromatic rings. The van der Waals surface area contributed by atoms with Crippen LogP contribution in [0.15, 0.2) is 72.3 Å². The molecule has 6 atom stereocenters. The monoisotopic (exact) mass is 763 g/mol. The number of nitrogens with one attached hydrogen (secondary N) is 1. The number of carbonyl (C=O) groups is 5. The highest BCUT2D eigenvalue weighted by atomic mass is 35.5. The van der Waals surface area contributed by atoms with Gasteiger partial charge < -0.3 is 14.9 Å². The number of carbonyl (C=O) groups excluding carboxylic acids is 4. The van der Waals surface area contributed by atoms with Crippen LogP contribution in [0.25, 0.3) is 0 Å². The Labute approximate surface area is 314 Å². The quantitative estimate of drug-likeness (QED) is 0.113. The topological polar surface area (TPSA) is 154 Å². The molecule has 2 aliphatic heterocycles. The Morgan fingerprint density at radius 2 is 1.68 bits per heavy atom. The average Bonchev–Trinajstić information content (AvgIpc) is 3.50. The first kappa shape index (κ1) is 36.4. The minimum atomic E-state index is -1.63. The average molecular weight is 765 g/mol. The minimum absolute atomic E-state index is 0.00745. The van der Waals surface area contributed by atoms with Crippen molar-refractivity contribution in [3.05, 3.63) is 99.3 Å². The third-order valence-electron chi connectivity index (χ3n) is 11.2. The number of nitrogens with zero attached hydrogens (tertiary/aromatic N) is 2. The Kier molecular flexibility index (Phi) is 9.71. The van der Waals surface area contributed by atoms with Crippen LogP contribution in [-0.4, -0.2) is 63.4 Å². The zero-order chi connectivity index (χ0) is 37.8. The van der Waals surface area contributed by atoms with Gasteiger partial charge in [-0.1, -0.05) is 53.4 Å². The van der Waals surface area contributed by atoms with Crippen LogP contribution < -0.4 is 10.2 Å². The number of hydrogen-bond acceptors (Lipinski definition) is 8. The van der Waals surface area contributed by atoms with Crippen LogP contribution in [-0.2, 0) is 29.4 Å². The SMILES string of the molecule is COc1cc([C@H]2C3=CC[C@@H]4C(=O)N(CCCCCC(=O)O)C(=O)[C@@H]4[C@@H]3C[C@H]3C(=O)N(Nc4ccc(F)cc4)C(=O)[C@@]23c2ccc(Cl)cc2)cc(Cl)c1O. The Morgan fingerprint density at radius 3 is 2.36 bits per heavy atom. The first-order valence-electron chi connectivity index (χ1n) is 17.4. The molecule has 7 rings (SSSR count). The molecular weight excluding hydrogens is 728 g/mol. The largest absolute Gasteiger partial charge is 0.503 e. The van der Waals surface area contributed by atoms with E-state index >= 15 is 4.79 Å². The van der Waals surface area contributed by atoms with E-state index < -0.39 is 58.6 Å². The van der Waals surface area contributed by atoms with Gasteiger partial charge in [0.1, 0.15) is 5.82 Å². The summed E-state index contributed by atoms with van der Waals surface area (Å²) in [4.78, 5) is 70.3. The standard InChI is InChI=1S/C39H36Cl2FN3O8/c1-53-30-18-20(17-29(41)34(30)48)33-25-14-15-26-32(37(51)44(35(26)49)16-4-2-3-5-31(46)47)27(25)19-28-36(50)45(43-24-12-10-23(42)11-13-24)38(52)39(28,33)21-6-8-22(40)9-7-21/h6-14,17-18,26-28,32-33,43,48H,2-5,15-16,19H2,1H3,(H,46,47)/t26-,27+,28-,32-,33-,39+/m0/s1. The van der Waals surface area contributed by atoms with Crippen LogP contribution in [0, 0.1) is 29.5 Å². The predicted molar refractivity (Wildman–Crippen MR) is 192 cm³/mol. The fraction of sp³-hybridized carbons (Fsp3) is 0.359. The highest BCUT2D eigenvalue weighted by Gasteiger charge is 2.70. The molecular formula is C39H36Cl2FN3O8. The van der Waals surface area contributed by atoms with Crippen molar-refractivity contribution in [1.82, 2.24) is 9.91 Å². The van der Waals surface area contributed by atoms with E-state index in [9.17, 15) is 28.7 Å². The third-order valence-corrected chi connectivity index (χ3v) is 11.8. The number of anilines is 1. The van der Waals surface area contributed by atoms with Crippen molar-refractivity contribution in [3.8, 4) is 11.5 Å². The minimum Gasteiger partial charge on any atom is -0.503 e. The number of aromatic hydroxyl groups is 1. The predicted octanol–water partition coefficient (Wildman–Crippen LogP) is 6.48. The van der Waals surface area contributed by atoms with Crippen molar-refractivity contribution < 1.29 is 43.3 Å². The number of benzene rings is 3. The summed E-state index contributed by atoms with van der Waals surface area (Å²) >= 11 is 12.9. The number of rotatable bonds is 11. The van der Waals surface area contributed by atoms with Gasteiger partial charge in [0.25, 0.3) is 11.8 Å². The number of aliphatic carboxylic acids is 1. The summed E-state index contributed by atoms with van der Waals surface area (Å²) in [5.41, 5.74) is 3.14. The van der Waals surface area contributed by atoms with Crippen molar-refractivity contribution in [1.29, 1.82) is 0 Å². The second-order valence-electron chi connectivity index (χ2n) is 14.0. The van der Waals surface area contributed by atoms with Crippen molar-refractivity contribution in [2.45, 2.75) is 49.9 Å². The number of phenolic OH excluding ortho intramolecular Hbond substituents is 1. The molecule has 3 fully saturated rings. The molecule has 0 radical (unpaired) electrons. The summed E-state index contributed by atoms with van der Waals surface area (Å²) in [6.07, 6.45) is 3.53. The third kappa shape index (κ3) is 6.01. The molecule has 0 unspecified atom stereocenters. The van der Waals surface area contributed by atoms with Crippen LogP contribution in [0.5, 0.6) is 11.5 Å². The van der Waals surface area contributed by atoms with Gasteiger partial charge in [0.15, 0.2) is 11.5 Å². The van der Waals surface area contributed by atoms with Gasteiger partial charge in [-0.2, -0.15) is 5.01 Å². The molecule has 0 aromatic heterocycles. The Morgan fingerprint density at radius 1 is 0.962 bits per heavy atom. The Bertz CT molecular complexity index is 2040. The molecule has 0 bridgehead atoms. The number of halogens is 3. The molecule has 276 valence electrons. The van der Waals surface area contributed by atoms with Crippen molar-refractivity contribution >= 4 is 58.5 Å². The molecule has 11 nitrogen and oxygen atoms in total. The smallest absolute Gasteiger partial charge is 0.303 e. The van der Waals surface area contributed by atoms with E-state index in [0.29, 0.717) is 41.0 Å². The van der Waals surface area contributed by atoms with Crippen LogP contribution in [0.2, 0.25) is 10.0 Å². The van der Waals surface area contributed by atoms with Crippen LogP contribution in [0.4, 0.5) is 10.1 Å². The van der Waals surface area contributed by atoms with Gasteiger partial charge in [-0.15, -0.1) is 0 Å². The van der Waals surface area contributed by atoms with Gasteiger partial charge in [-0.25, -0.2) is 4.39 Å². The summed E-state index contributed by atoms with van der Waals surface area (Å²) in [6.45, 7) is 0.144. The maximum atomic E-state index is 15.2. The fourth-order valence-electron chi connectivity index (χ4n) is 8.95. The number of amides is 4. The van der Waals surface area contributed by atoms with Gasteiger partial charge in [0, 0.05) is 23.9 Å². The second kappa shape index (κ2) is 14.1. The van der Waals surface area contributed by atoms with E-state index in [1.54, 1.807) is 30.3 Å². The number of ether oxygens (including phenoxy) is 1. The van der Waals surface area contributed by atoms with E-state index in [2.05, 4.69) is 5.43 Å². The van der Waals surface area contributed by atoms with Crippen molar-refractivity contribution in [3.63, 3.8) is 0 Å². The molecule has 53 heavy (non-hydrogen) atoms. The molecule has 14 heteroatoms. The molecule has 2 saturated heterocycles. The molecule has 3 N–H and O–H groups in total. The fourth-order valence-corrected chi connectivity index (χ4v) is 9.30.